The quantitative estimate of drug-likeness (QED) is 0.0889. The number of carbonyl (C=O) groups excluding carboxylic acids is 3. The van der Waals surface area contributed by atoms with E-state index in [1.807, 2.05) is 6.92 Å². The van der Waals surface area contributed by atoms with Gasteiger partial charge in [-0.3, -0.25) is 14.4 Å². The highest BCUT2D eigenvalue weighted by Gasteiger charge is 2.62. The van der Waals surface area contributed by atoms with E-state index in [-0.39, 0.29) is 40.2 Å². The highest BCUT2D eigenvalue weighted by Crippen LogP contribution is 2.61. The number of hydrogen-bond donors (Lipinski definition) is 2. The predicted octanol–water partition coefficient (Wildman–Crippen LogP) is 8.11. The van der Waals surface area contributed by atoms with Crippen LogP contribution < -0.4 is 0 Å². The zero-order valence-corrected chi connectivity index (χ0v) is 26.7. The highest BCUT2D eigenvalue weighted by molar-refractivity contribution is 6.50. The van der Waals surface area contributed by atoms with Gasteiger partial charge in [-0.05, 0) is 30.6 Å². The van der Waals surface area contributed by atoms with E-state index >= 15 is 0 Å². The Morgan fingerprint density at radius 1 is 0.878 bits per heavy atom. The molecule has 6 heteroatoms. The number of unbranched alkanes of at least 4 members (excludes halogenated alkanes) is 11. The summed E-state index contributed by atoms with van der Waals surface area (Å²) in [7, 11) is 0. The first-order valence-electron chi connectivity index (χ1n) is 16.5. The molecule has 1 fully saturated rings. The van der Waals surface area contributed by atoms with Gasteiger partial charge < -0.3 is 14.9 Å². The molecule has 0 radical (unpaired) electrons. The number of aliphatic hydroxyl groups is 2. The second kappa shape index (κ2) is 14.5. The first kappa shape index (κ1) is 33.6. The second-order valence-corrected chi connectivity index (χ2v) is 14.1. The average molecular weight is 573 g/mol. The number of allylic oxidation sites excluding steroid dienone is 2. The van der Waals surface area contributed by atoms with Crippen molar-refractivity contribution in [3.05, 3.63) is 22.5 Å². The van der Waals surface area contributed by atoms with Gasteiger partial charge in [-0.1, -0.05) is 119 Å². The zero-order valence-electron chi connectivity index (χ0n) is 26.7. The van der Waals surface area contributed by atoms with Crippen molar-refractivity contribution < 1.29 is 29.3 Å². The maximum absolute atomic E-state index is 13.7. The molecule has 0 amide bonds. The maximum atomic E-state index is 13.7. The summed E-state index contributed by atoms with van der Waals surface area (Å²) in [5.74, 6) is -2.81. The number of esters is 1. The molecule has 3 aliphatic rings. The van der Waals surface area contributed by atoms with Gasteiger partial charge in [-0.2, -0.15) is 0 Å². The van der Waals surface area contributed by atoms with E-state index in [1.165, 1.54) is 57.8 Å². The van der Waals surface area contributed by atoms with Gasteiger partial charge in [0.2, 0.25) is 11.6 Å². The fraction of sp³-hybridized carbons (Fsp3) is 0.800. The van der Waals surface area contributed by atoms with E-state index in [0.29, 0.717) is 12.8 Å². The van der Waals surface area contributed by atoms with Crippen molar-refractivity contribution in [2.45, 2.75) is 156 Å². The van der Waals surface area contributed by atoms with Crippen LogP contribution in [0.25, 0.3) is 0 Å². The molecule has 0 aliphatic heterocycles. The van der Waals surface area contributed by atoms with Crippen molar-refractivity contribution >= 4 is 17.5 Å². The van der Waals surface area contributed by atoms with E-state index in [1.54, 1.807) is 13.8 Å². The molecule has 4 atom stereocenters. The molecule has 0 aromatic rings. The van der Waals surface area contributed by atoms with E-state index in [4.69, 9.17) is 4.74 Å². The lowest BCUT2D eigenvalue weighted by Gasteiger charge is -2.58. The standard InChI is InChI=1S/C35H56O6/c1-7-8-9-10-11-12-13-14-15-16-17-18-20-24(36)41-32-26-27(30(39)29(38)25(23(2)3)28(26)37)35(6)22-19-21-34(4,5)33(35)31(32)40/h23,31-33,37,40H,7-22H2,1-6H3/t31-,32+,33+,35-/m1/s1. The van der Waals surface area contributed by atoms with E-state index in [0.717, 1.165) is 25.7 Å². The van der Waals surface area contributed by atoms with E-state index < -0.39 is 41.1 Å². The lowest BCUT2D eigenvalue weighted by Crippen LogP contribution is -2.60. The Hall–Kier alpha value is -1.95. The van der Waals surface area contributed by atoms with E-state index in [9.17, 15) is 24.6 Å². The summed E-state index contributed by atoms with van der Waals surface area (Å²) in [6.07, 6.45) is 14.7. The van der Waals surface area contributed by atoms with Crippen LogP contribution in [0.4, 0.5) is 0 Å². The van der Waals surface area contributed by atoms with Crippen LogP contribution in [0, 0.1) is 22.7 Å². The number of aliphatic hydroxyl groups excluding tert-OH is 2. The normalized spacial score (nSPS) is 27.8. The Morgan fingerprint density at radius 3 is 1.95 bits per heavy atom. The molecule has 0 aromatic carbocycles. The largest absolute Gasteiger partial charge is 0.507 e. The minimum Gasteiger partial charge on any atom is -0.507 e. The fourth-order valence-electron chi connectivity index (χ4n) is 8.10. The Bertz CT molecular complexity index is 1020. The SMILES string of the molecule is CCCCCCCCCCCCCCC(=O)O[C@H]1C2=C(C(=O)C(=O)C(C(C)C)=C2O)[C@@]2(C)CCCC(C)(C)[C@@H]2[C@@H]1O. The van der Waals surface area contributed by atoms with Gasteiger partial charge >= 0.3 is 5.97 Å². The molecule has 3 rings (SSSR count). The van der Waals surface area contributed by atoms with Gasteiger partial charge in [0.15, 0.2) is 6.10 Å². The van der Waals surface area contributed by atoms with Crippen molar-refractivity contribution in [2.75, 3.05) is 0 Å². The van der Waals surface area contributed by atoms with Crippen molar-refractivity contribution in [2.24, 2.45) is 22.7 Å². The number of carbonyl (C=O) groups is 3. The summed E-state index contributed by atoms with van der Waals surface area (Å²) in [6, 6.07) is 0. The number of ether oxygens (including phenoxy) is 1. The molecular weight excluding hydrogens is 516 g/mol. The third kappa shape index (κ3) is 7.35. The van der Waals surface area contributed by atoms with Crippen LogP contribution in [-0.4, -0.2) is 40.0 Å². The molecule has 0 bridgehead atoms. The van der Waals surface area contributed by atoms with Crippen molar-refractivity contribution in [1.29, 1.82) is 0 Å². The Morgan fingerprint density at radius 2 is 1.41 bits per heavy atom. The first-order valence-corrected chi connectivity index (χ1v) is 16.5. The molecule has 232 valence electrons. The molecule has 41 heavy (non-hydrogen) atoms. The summed E-state index contributed by atoms with van der Waals surface area (Å²) in [5, 5.41) is 23.2. The smallest absolute Gasteiger partial charge is 0.306 e. The Labute approximate surface area is 248 Å². The summed E-state index contributed by atoms with van der Waals surface area (Å²) < 4.78 is 5.94. The Kier molecular flexibility index (Phi) is 11.9. The van der Waals surface area contributed by atoms with Crippen molar-refractivity contribution in [3.8, 4) is 0 Å². The third-order valence-corrected chi connectivity index (χ3v) is 10.1. The molecule has 0 saturated heterocycles. The molecule has 3 aliphatic carbocycles. The molecule has 0 aromatic heterocycles. The Balaban J connectivity index is 1.67. The number of Topliss-reactive ketones (excluding diaryl/α,β-unsaturated/α-hetero) is 2. The van der Waals surface area contributed by atoms with Gasteiger partial charge in [0.1, 0.15) is 5.76 Å². The van der Waals surface area contributed by atoms with Crippen LogP contribution in [-0.2, 0) is 19.1 Å². The first-order chi connectivity index (χ1) is 19.4. The molecule has 0 unspecified atom stereocenters. The lowest BCUT2D eigenvalue weighted by atomic mass is 9.47. The number of ketones is 2. The second-order valence-electron chi connectivity index (χ2n) is 14.1. The van der Waals surface area contributed by atoms with Gasteiger partial charge in [0.25, 0.3) is 0 Å². The molecule has 6 nitrogen and oxygen atoms in total. The zero-order chi connectivity index (χ0) is 30.4. The minimum atomic E-state index is -1.17. The number of hydrogen-bond acceptors (Lipinski definition) is 6. The minimum absolute atomic E-state index is 0.0417. The molecule has 1 saturated carbocycles. The van der Waals surface area contributed by atoms with Gasteiger partial charge in [-0.25, -0.2) is 0 Å². The fourth-order valence-corrected chi connectivity index (χ4v) is 8.10. The monoisotopic (exact) mass is 572 g/mol. The van der Waals surface area contributed by atoms with Crippen LogP contribution in [0.3, 0.4) is 0 Å². The summed E-state index contributed by atoms with van der Waals surface area (Å²) in [6.45, 7) is 11.8. The number of fused-ring (bicyclic) bond motifs is 2. The van der Waals surface area contributed by atoms with Crippen LogP contribution in [0.2, 0.25) is 0 Å². The van der Waals surface area contributed by atoms with Gasteiger partial charge in [0, 0.05) is 34.5 Å². The molecule has 0 heterocycles. The van der Waals surface area contributed by atoms with Crippen LogP contribution >= 0.6 is 0 Å². The summed E-state index contributed by atoms with van der Waals surface area (Å²) in [4.78, 5) is 39.9. The highest BCUT2D eigenvalue weighted by atomic mass is 16.6. The van der Waals surface area contributed by atoms with Crippen LogP contribution in [0.5, 0.6) is 0 Å². The van der Waals surface area contributed by atoms with Crippen LogP contribution in [0.15, 0.2) is 22.5 Å². The van der Waals surface area contributed by atoms with E-state index in [2.05, 4.69) is 20.8 Å². The van der Waals surface area contributed by atoms with Gasteiger partial charge in [0.05, 0.1) is 6.10 Å². The summed E-state index contributed by atoms with van der Waals surface area (Å²) >= 11 is 0. The van der Waals surface area contributed by atoms with Gasteiger partial charge in [-0.15, -0.1) is 0 Å². The topological polar surface area (TPSA) is 101 Å². The lowest BCUT2D eigenvalue weighted by molar-refractivity contribution is -0.168. The summed E-state index contributed by atoms with van der Waals surface area (Å²) in [5.41, 5.74) is -0.689. The molecular formula is C35H56O6. The third-order valence-electron chi connectivity index (χ3n) is 10.1. The maximum Gasteiger partial charge on any atom is 0.306 e. The average Bonchev–Trinajstić information content (AvgIpc) is 2.88. The van der Waals surface area contributed by atoms with Crippen molar-refractivity contribution in [1.82, 2.24) is 0 Å². The molecule has 2 N–H and O–H groups in total. The van der Waals surface area contributed by atoms with Crippen LogP contribution in [0.1, 0.15) is 144 Å². The number of rotatable bonds is 15. The molecule has 0 spiro atoms. The predicted molar refractivity (Wildman–Crippen MR) is 162 cm³/mol. The van der Waals surface area contributed by atoms with Crippen molar-refractivity contribution in [3.63, 3.8) is 0 Å².